The number of aromatic nitrogens is 3. The first-order chi connectivity index (χ1) is 11.2. The molecule has 3 aromatic heterocycles. The minimum Gasteiger partial charge on any atom is -0.469 e. The van der Waals surface area contributed by atoms with Gasteiger partial charge in [-0.3, -0.25) is 9.36 Å². The van der Waals surface area contributed by atoms with E-state index in [1.165, 1.54) is 0 Å². The molecule has 6 heteroatoms. The average molecular weight is 308 g/mol. The van der Waals surface area contributed by atoms with Crippen LogP contribution in [0.25, 0.3) is 5.82 Å². The molecule has 0 bridgehead atoms. The van der Waals surface area contributed by atoms with Gasteiger partial charge in [0.1, 0.15) is 11.6 Å². The van der Waals surface area contributed by atoms with Crippen LogP contribution in [0.2, 0.25) is 0 Å². The number of rotatable bonds is 4. The first-order valence-corrected chi connectivity index (χ1v) is 7.53. The van der Waals surface area contributed by atoms with Crippen LogP contribution in [0.15, 0.2) is 53.5 Å². The van der Waals surface area contributed by atoms with Gasteiger partial charge in [0.2, 0.25) is 5.91 Å². The highest BCUT2D eigenvalue weighted by molar-refractivity contribution is 5.96. The fourth-order valence-electron chi connectivity index (χ4n) is 2.82. The molecule has 1 aliphatic rings. The Balaban J connectivity index is 1.54. The molecule has 1 aliphatic carbocycles. The van der Waals surface area contributed by atoms with Gasteiger partial charge >= 0.3 is 0 Å². The third kappa shape index (κ3) is 2.52. The van der Waals surface area contributed by atoms with E-state index in [9.17, 15) is 4.79 Å². The van der Waals surface area contributed by atoms with Crippen molar-refractivity contribution in [3.63, 3.8) is 0 Å². The zero-order valence-electron chi connectivity index (χ0n) is 12.6. The lowest BCUT2D eigenvalue weighted by Gasteiger charge is -2.11. The monoisotopic (exact) mass is 308 g/mol. The molecule has 3 heterocycles. The van der Waals surface area contributed by atoms with Gasteiger partial charge in [0.15, 0.2) is 5.82 Å². The van der Waals surface area contributed by atoms with Crippen LogP contribution in [0.1, 0.15) is 23.9 Å². The van der Waals surface area contributed by atoms with Crippen LogP contribution in [0.4, 0.5) is 5.69 Å². The van der Waals surface area contributed by atoms with E-state index in [4.69, 9.17) is 4.42 Å². The van der Waals surface area contributed by atoms with Gasteiger partial charge in [-0.25, -0.2) is 9.97 Å². The van der Waals surface area contributed by atoms with Crippen LogP contribution < -0.4 is 5.32 Å². The number of pyridine rings is 1. The second-order valence-corrected chi connectivity index (χ2v) is 5.67. The second-order valence-electron chi connectivity index (χ2n) is 5.67. The van der Waals surface area contributed by atoms with E-state index in [1.807, 2.05) is 42.0 Å². The fourth-order valence-corrected chi connectivity index (χ4v) is 2.82. The van der Waals surface area contributed by atoms with Crippen molar-refractivity contribution in [2.45, 2.75) is 19.3 Å². The molecule has 0 unspecified atom stereocenters. The summed E-state index contributed by atoms with van der Waals surface area (Å²) in [4.78, 5) is 21.1. The number of nitrogens with zero attached hydrogens (tertiary/aromatic N) is 3. The summed E-state index contributed by atoms with van der Waals surface area (Å²) in [6, 6.07) is 7.43. The minimum absolute atomic E-state index is 0.00146. The number of hydrogen-bond donors (Lipinski definition) is 1. The lowest BCUT2D eigenvalue weighted by molar-refractivity contribution is -0.117. The van der Waals surface area contributed by atoms with Gasteiger partial charge in [-0.1, -0.05) is 0 Å². The Hall–Kier alpha value is -2.89. The van der Waals surface area contributed by atoms with Crippen molar-refractivity contribution in [1.82, 2.24) is 14.5 Å². The zero-order valence-corrected chi connectivity index (χ0v) is 12.6. The van der Waals surface area contributed by atoms with Crippen LogP contribution in [0.5, 0.6) is 0 Å². The average Bonchev–Trinajstić information content (AvgIpc) is 2.96. The molecule has 0 aliphatic heterocycles. The Morgan fingerprint density at radius 3 is 2.96 bits per heavy atom. The van der Waals surface area contributed by atoms with Gasteiger partial charge in [-0.05, 0) is 37.6 Å². The molecule has 2 atom stereocenters. The number of aryl methyl sites for hydroxylation is 1. The Bertz CT molecular complexity index is 838. The summed E-state index contributed by atoms with van der Waals surface area (Å²) in [5.41, 5.74) is 0.684. The normalized spacial score (nSPS) is 19.5. The largest absolute Gasteiger partial charge is 0.469 e. The van der Waals surface area contributed by atoms with Crippen LogP contribution in [0.3, 0.4) is 0 Å². The lowest BCUT2D eigenvalue weighted by atomic mass is 10.2. The molecule has 116 valence electrons. The summed E-state index contributed by atoms with van der Waals surface area (Å²) in [6.45, 7) is 1.90. The fraction of sp³-hybridized carbons (Fsp3) is 0.235. The van der Waals surface area contributed by atoms with Gasteiger partial charge in [0.05, 0.1) is 12.0 Å². The van der Waals surface area contributed by atoms with Crippen molar-refractivity contribution >= 4 is 11.6 Å². The predicted molar refractivity (Wildman–Crippen MR) is 84.3 cm³/mol. The highest BCUT2D eigenvalue weighted by atomic mass is 16.3. The molecule has 6 nitrogen and oxygen atoms in total. The summed E-state index contributed by atoms with van der Waals surface area (Å²) in [5, 5.41) is 2.99. The number of carbonyl (C=O) groups excluding carboxylic acids is 1. The summed E-state index contributed by atoms with van der Waals surface area (Å²) in [7, 11) is 0. The quantitative estimate of drug-likeness (QED) is 0.804. The first-order valence-electron chi connectivity index (χ1n) is 7.53. The van der Waals surface area contributed by atoms with Crippen LogP contribution >= 0.6 is 0 Å². The summed E-state index contributed by atoms with van der Waals surface area (Å²) in [6.07, 6.45) is 7.70. The molecule has 0 saturated heterocycles. The molecule has 0 radical (unpaired) electrons. The molecular formula is C17H16N4O2. The van der Waals surface area contributed by atoms with Crippen molar-refractivity contribution in [2.75, 3.05) is 5.32 Å². The van der Waals surface area contributed by atoms with Gasteiger partial charge < -0.3 is 9.73 Å². The van der Waals surface area contributed by atoms with Crippen LogP contribution in [-0.2, 0) is 4.79 Å². The van der Waals surface area contributed by atoms with E-state index in [0.29, 0.717) is 11.5 Å². The van der Waals surface area contributed by atoms with Gasteiger partial charge in [-0.15, -0.1) is 0 Å². The van der Waals surface area contributed by atoms with Gasteiger partial charge in [0, 0.05) is 30.4 Å². The summed E-state index contributed by atoms with van der Waals surface area (Å²) < 4.78 is 7.24. The Kier molecular flexibility index (Phi) is 3.22. The number of nitrogens with one attached hydrogen (secondary N) is 1. The molecule has 23 heavy (non-hydrogen) atoms. The number of anilines is 1. The molecular weight excluding hydrogens is 292 g/mol. The number of amides is 1. The van der Waals surface area contributed by atoms with Crippen molar-refractivity contribution in [3.8, 4) is 5.82 Å². The predicted octanol–water partition coefficient (Wildman–Crippen LogP) is 2.91. The smallest absolute Gasteiger partial charge is 0.228 e. The Morgan fingerprint density at radius 1 is 1.30 bits per heavy atom. The third-order valence-electron chi connectivity index (χ3n) is 4.13. The van der Waals surface area contributed by atoms with Crippen molar-refractivity contribution < 1.29 is 9.21 Å². The zero-order chi connectivity index (χ0) is 15.8. The summed E-state index contributed by atoms with van der Waals surface area (Å²) in [5.74, 6) is 2.50. The number of carbonyl (C=O) groups is 1. The highest BCUT2D eigenvalue weighted by Gasteiger charge is 2.46. The van der Waals surface area contributed by atoms with Crippen LogP contribution in [0, 0.1) is 12.8 Å². The lowest BCUT2D eigenvalue weighted by Crippen LogP contribution is -2.17. The maximum atomic E-state index is 12.5. The maximum absolute atomic E-state index is 12.5. The number of hydrogen-bond acceptors (Lipinski definition) is 4. The minimum atomic E-state index is -0.0434. The molecule has 4 rings (SSSR count). The SMILES string of the molecule is Cc1nccn1-c1ncccc1NC(=O)[C@@H]1C[C@H]1c1ccco1. The number of furan rings is 1. The molecule has 0 aromatic carbocycles. The van der Waals surface area contributed by atoms with E-state index in [0.717, 1.165) is 18.0 Å². The molecule has 1 amide bonds. The second kappa shape index (κ2) is 5.39. The molecule has 1 fully saturated rings. The molecule has 1 N–H and O–H groups in total. The van der Waals surface area contributed by atoms with Gasteiger partial charge in [0.25, 0.3) is 0 Å². The molecule has 1 saturated carbocycles. The summed E-state index contributed by atoms with van der Waals surface area (Å²) >= 11 is 0. The van der Waals surface area contributed by atoms with E-state index in [2.05, 4.69) is 15.3 Å². The van der Waals surface area contributed by atoms with E-state index in [1.54, 1.807) is 18.7 Å². The van der Waals surface area contributed by atoms with Gasteiger partial charge in [-0.2, -0.15) is 0 Å². The third-order valence-corrected chi connectivity index (χ3v) is 4.13. The highest BCUT2D eigenvalue weighted by Crippen LogP contribution is 2.48. The van der Waals surface area contributed by atoms with E-state index in [-0.39, 0.29) is 17.7 Å². The molecule has 3 aromatic rings. The van der Waals surface area contributed by atoms with E-state index < -0.39 is 0 Å². The standard InChI is InChI=1S/C17H16N4O2/c1-11-18-7-8-21(11)16-14(4-2-6-19-16)20-17(22)13-10-12(13)15-5-3-9-23-15/h2-9,12-13H,10H2,1H3,(H,20,22)/t12-,13-/m1/s1. The van der Waals surface area contributed by atoms with Crippen molar-refractivity contribution in [2.24, 2.45) is 5.92 Å². The molecule has 0 spiro atoms. The van der Waals surface area contributed by atoms with Crippen molar-refractivity contribution in [1.29, 1.82) is 0 Å². The Labute approximate surface area is 133 Å². The van der Waals surface area contributed by atoms with Crippen LogP contribution in [-0.4, -0.2) is 20.4 Å². The first kappa shape index (κ1) is 13.8. The van der Waals surface area contributed by atoms with Crippen molar-refractivity contribution in [3.05, 3.63) is 60.7 Å². The number of imidazole rings is 1. The topological polar surface area (TPSA) is 73.0 Å². The van der Waals surface area contributed by atoms with E-state index >= 15 is 0 Å². The Morgan fingerprint density at radius 2 is 2.22 bits per heavy atom. The maximum Gasteiger partial charge on any atom is 0.228 e.